The van der Waals surface area contributed by atoms with Crippen molar-refractivity contribution in [2.45, 2.75) is 19.8 Å². The molecule has 0 aliphatic carbocycles. The number of ether oxygens (including phenoxy) is 1. The Hall–Kier alpha value is -3.20. The molecule has 2 N–H and O–H groups in total. The van der Waals surface area contributed by atoms with Crippen LogP contribution in [0.25, 0.3) is 0 Å². The molecule has 1 heterocycles. The van der Waals surface area contributed by atoms with E-state index in [1.54, 1.807) is 36.4 Å². The number of nitrogens with zero attached hydrogens (tertiary/aromatic N) is 1. The summed E-state index contributed by atoms with van der Waals surface area (Å²) >= 11 is 3.39. The van der Waals surface area contributed by atoms with Gasteiger partial charge >= 0.3 is 5.97 Å². The lowest BCUT2D eigenvalue weighted by Gasteiger charge is -2.17. The van der Waals surface area contributed by atoms with E-state index < -0.39 is 36.2 Å². The van der Waals surface area contributed by atoms with Gasteiger partial charge in [-0.3, -0.25) is 29.6 Å². The molecule has 0 aromatic heterocycles. The first-order chi connectivity index (χ1) is 14.9. The zero-order chi connectivity index (χ0) is 22.4. The quantitative estimate of drug-likeness (QED) is 0.584. The van der Waals surface area contributed by atoms with Crippen LogP contribution in [0.4, 0.5) is 5.69 Å². The van der Waals surface area contributed by atoms with E-state index in [0.29, 0.717) is 11.3 Å². The summed E-state index contributed by atoms with van der Waals surface area (Å²) in [6, 6.07) is 13.9. The molecule has 0 unspecified atom stereocenters. The van der Waals surface area contributed by atoms with Crippen LogP contribution in [0.1, 0.15) is 29.3 Å². The van der Waals surface area contributed by atoms with E-state index in [4.69, 9.17) is 4.74 Å². The Kier molecular flexibility index (Phi) is 7.41. The summed E-state index contributed by atoms with van der Waals surface area (Å²) in [5, 5.41) is 3.83. The minimum Gasteiger partial charge on any atom is -0.455 e. The summed E-state index contributed by atoms with van der Waals surface area (Å²) in [4.78, 5) is 48.9. The van der Waals surface area contributed by atoms with Gasteiger partial charge in [-0.2, -0.15) is 0 Å². The van der Waals surface area contributed by atoms with Crippen molar-refractivity contribution in [3.63, 3.8) is 0 Å². The van der Waals surface area contributed by atoms with Crippen LogP contribution < -0.4 is 10.7 Å². The summed E-state index contributed by atoms with van der Waals surface area (Å²) in [7, 11) is 0. The third-order valence-corrected chi connectivity index (χ3v) is 5.29. The standard InChI is InChI=1S/C22H22BrN3O5/c1-2-14-10-17(23)8-9-18(14)24-19(27)13-31-22(30)16-11-20(28)26(12-16)25-21(29)15-6-4-3-5-7-15/h3-10,16H,2,11-13H2,1H3,(H,24,27)(H,25,29)/t16-/m0/s1. The number of rotatable bonds is 7. The van der Waals surface area contributed by atoms with Crippen LogP contribution in [0.15, 0.2) is 53.0 Å². The minimum absolute atomic E-state index is 0.00937. The van der Waals surface area contributed by atoms with Crippen molar-refractivity contribution in [1.29, 1.82) is 0 Å². The van der Waals surface area contributed by atoms with E-state index in [1.807, 2.05) is 19.1 Å². The second kappa shape index (κ2) is 10.2. The average Bonchev–Trinajstić information content (AvgIpc) is 3.14. The van der Waals surface area contributed by atoms with Gasteiger partial charge in [0.15, 0.2) is 6.61 Å². The van der Waals surface area contributed by atoms with Crippen LogP contribution in [-0.2, 0) is 25.5 Å². The second-order valence-corrected chi connectivity index (χ2v) is 7.94. The zero-order valence-corrected chi connectivity index (χ0v) is 18.5. The summed E-state index contributed by atoms with van der Waals surface area (Å²) in [5.41, 5.74) is 4.49. The fourth-order valence-electron chi connectivity index (χ4n) is 3.17. The summed E-state index contributed by atoms with van der Waals surface area (Å²) in [5.74, 6) is -2.72. The number of benzene rings is 2. The van der Waals surface area contributed by atoms with Gasteiger partial charge in [0, 0.05) is 22.1 Å². The molecular formula is C22H22BrN3O5. The number of amides is 3. The van der Waals surface area contributed by atoms with Gasteiger partial charge in [0.05, 0.1) is 12.5 Å². The van der Waals surface area contributed by atoms with Gasteiger partial charge in [-0.05, 0) is 42.3 Å². The monoisotopic (exact) mass is 487 g/mol. The molecule has 8 nitrogen and oxygen atoms in total. The molecule has 1 fully saturated rings. The largest absolute Gasteiger partial charge is 0.455 e. The van der Waals surface area contributed by atoms with Crippen LogP contribution in [0, 0.1) is 5.92 Å². The topological polar surface area (TPSA) is 105 Å². The van der Waals surface area contributed by atoms with Crippen molar-refractivity contribution in [3.8, 4) is 0 Å². The molecule has 0 radical (unpaired) electrons. The van der Waals surface area contributed by atoms with Gasteiger partial charge in [-0.1, -0.05) is 41.1 Å². The number of halogens is 1. The number of nitrogens with one attached hydrogen (secondary N) is 2. The van der Waals surface area contributed by atoms with Gasteiger partial charge in [0.2, 0.25) is 5.91 Å². The lowest BCUT2D eigenvalue weighted by atomic mass is 10.1. The molecular weight excluding hydrogens is 466 g/mol. The van der Waals surface area contributed by atoms with Gasteiger partial charge < -0.3 is 10.1 Å². The van der Waals surface area contributed by atoms with Crippen LogP contribution in [0.2, 0.25) is 0 Å². The number of anilines is 1. The lowest BCUT2D eigenvalue weighted by Crippen LogP contribution is -2.43. The second-order valence-electron chi connectivity index (χ2n) is 7.02. The van der Waals surface area contributed by atoms with E-state index in [-0.39, 0.29) is 13.0 Å². The van der Waals surface area contributed by atoms with Crippen LogP contribution >= 0.6 is 15.9 Å². The molecule has 1 aliphatic heterocycles. The maximum Gasteiger partial charge on any atom is 0.311 e. The molecule has 0 spiro atoms. The predicted molar refractivity (Wildman–Crippen MR) is 117 cm³/mol. The molecule has 3 amide bonds. The smallest absolute Gasteiger partial charge is 0.311 e. The van der Waals surface area contributed by atoms with Crippen molar-refractivity contribution in [1.82, 2.24) is 10.4 Å². The number of hydrogen-bond donors (Lipinski definition) is 2. The molecule has 1 saturated heterocycles. The molecule has 0 saturated carbocycles. The number of esters is 1. The first kappa shape index (κ1) is 22.5. The molecule has 31 heavy (non-hydrogen) atoms. The van der Waals surface area contributed by atoms with Crippen molar-refractivity contribution in [2.75, 3.05) is 18.5 Å². The molecule has 2 aromatic carbocycles. The lowest BCUT2D eigenvalue weighted by molar-refractivity contribution is -0.151. The Morgan fingerprint density at radius 3 is 2.61 bits per heavy atom. The van der Waals surface area contributed by atoms with Gasteiger partial charge in [-0.15, -0.1) is 0 Å². The van der Waals surface area contributed by atoms with E-state index in [2.05, 4.69) is 26.7 Å². The number of carbonyl (C=O) groups is 4. The van der Waals surface area contributed by atoms with Crippen molar-refractivity contribution in [2.24, 2.45) is 5.92 Å². The van der Waals surface area contributed by atoms with Crippen molar-refractivity contribution >= 4 is 45.3 Å². The Morgan fingerprint density at radius 1 is 1.16 bits per heavy atom. The highest BCUT2D eigenvalue weighted by molar-refractivity contribution is 9.10. The average molecular weight is 488 g/mol. The molecule has 0 bridgehead atoms. The first-order valence-electron chi connectivity index (χ1n) is 9.78. The van der Waals surface area contributed by atoms with E-state index in [9.17, 15) is 19.2 Å². The van der Waals surface area contributed by atoms with Crippen LogP contribution in [0.5, 0.6) is 0 Å². The number of aryl methyl sites for hydroxylation is 1. The van der Waals surface area contributed by atoms with Gasteiger partial charge in [0.25, 0.3) is 11.8 Å². The molecule has 162 valence electrons. The maximum atomic E-state index is 12.3. The zero-order valence-electron chi connectivity index (χ0n) is 16.9. The third kappa shape index (κ3) is 5.91. The summed E-state index contributed by atoms with van der Waals surface area (Å²) in [6.45, 7) is 1.50. The summed E-state index contributed by atoms with van der Waals surface area (Å²) < 4.78 is 6.00. The molecule has 2 aromatic rings. The SMILES string of the molecule is CCc1cc(Br)ccc1NC(=O)COC(=O)[C@H]1CC(=O)N(NC(=O)c2ccccc2)C1. The fourth-order valence-corrected chi connectivity index (χ4v) is 3.58. The molecule has 1 atom stereocenters. The number of hydrogen-bond acceptors (Lipinski definition) is 5. The normalized spacial score (nSPS) is 15.5. The number of carbonyl (C=O) groups excluding carboxylic acids is 4. The minimum atomic E-state index is -0.754. The van der Waals surface area contributed by atoms with E-state index >= 15 is 0 Å². The Morgan fingerprint density at radius 2 is 1.90 bits per heavy atom. The van der Waals surface area contributed by atoms with Gasteiger partial charge in [-0.25, -0.2) is 0 Å². The van der Waals surface area contributed by atoms with Crippen LogP contribution in [-0.4, -0.2) is 41.9 Å². The highest BCUT2D eigenvalue weighted by Crippen LogP contribution is 2.22. The Balaban J connectivity index is 1.49. The van der Waals surface area contributed by atoms with E-state index in [0.717, 1.165) is 21.5 Å². The van der Waals surface area contributed by atoms with Crippen molar-refractivity contribution < 1.29 is 23.9 Å². The fraction of sp³-hybridized carbons (Fsp3) is 0.273. The predicted octanol–water partition coefficient (Wildman–Crippen LogP) is 2.69. The maximum absolute atomic E-state index is 12.3. The Labute approximate surface area is 188 Å². The highest BCUT2D eigenvalue weighted by atomic mass is 79.9. The molecule has 9 heteroatoms. The van der Waals surface area contributed by atoms with Gasteiger partial charge in [0.1, 0.15) is 0 Å². The number of hydrazine groups is 1. The first-order valence-corrected chi connectivity index (χ1v) is 10.6. The highest BCUT2D eigenvalue weighted by Gasteiger charge is 2.36. The molecule has 1 aliphatic rings. The van der Waals surface area contributed by atoms with Crippen molar-refractivity contribution in [3.05, 3.63) is 64.1 Å². The third-order valence-electron chi connectivity index (χ3n) is 4.80. The van der Waals surface area contributed by atoms with E-state index in [1.165, 1.54) is 0 Å². The van der Waals surface area contributed by atoms with Crippen LogP contribution in [0.3, 0.4) is 0 Å². The Bertz CT molecular complexity index is 996. The summed E-state index contributed by atoms with van der Waals surface area (Å²) in [6.07, 6.45) is 0.631. The molecule has 3 rings (SSSR count).